The predicted molar refractivity (Wildman–Crippen MR) is 190 cm³/mol. The number of aryl methyl sites for hydroxylation is 3. The first-order valence-corrected chi connectivity index (χ1v) is 16.2. The predicted octanol–water partition coefficient (Wildman–Crippen LogP) is 6.61. The standard InChI is InChI=1S/C33H27Cl2N5O5S2/c1-17-6-10-22(12-18(17)2)40-29(41)26(47-33(40)46)14-19-7-11-24(25(13-19)44-5)45-31-36-28-27(30(42)38(4)32(43)37(28)3)39(31)16-20-8-9-21(34)15-23(20)35/h6-15H,16H2,1-5H3/b26-14-. The molecular formula is C33H27Cl2N5O5S2. The Hall–Kier alpha value is -4.36. The van der Waals surface area contributed by atoms with E-state index >= 15 is 0 Å². The summed E-state index contributed by atoms with van der Waals surface area (Å²) < 4.78 is 16.2. The molecule has 1 saturated heterocycles. The van der Waals surface area contributed by atoms with E-state index in [0.717, 1.165) is 21.4 Å². The summed E-state index contributed by atoms with van der Waals surface area (Å²) in [6, 6.07) is 16.0. The van der Waals surface area contributed by atoms with Crippen molar-refractivity contribution in [3.05, 3.63) is 113 Å². The molecule has 0 atom stereocenters. The van der Waals surface area contributed by atoms with Crippen molar-refractivity contribution >= 4 is 80.3 Å². The van der Waals surface area contributed by atoms with Gasteiger partial charge in [0.15, 0.2) is 27.0 Å². The lowest BCUT2D eigenvalue weighted by molar-refractivity contribution is -0.113. The molecule has 0 spiro atoms. The number of methoxy groups -OCH3 is 1. The van der Waals surface area contributed by atoms with Gasteiger partial charge in [0.25, 0.3) is 11.5 Å². The molecule has 5 aromatic rings. The minimum absolute atomic E-state index is 0.0321. The Balaban J connectivity index is 1.38. The maximum absolute atomic E-state index is 13.4. The quantitative estimate of drug-likeness (QED) is 0.138. The lowest BCUT2D eigenvalue weighted by atomic mass is 10.1. The summed E-state index contributed by atoms with van der Waals surface area (Å²) in [6.07, 6.45) is 1.74. The number of ether oxygens (including phenoxy) is 2. The van der Waals surface area contributed by atoms with Crippen molar-refractivity contribution in [1.82, 2.24) is 18.7 Å². The number of hydrogen-bond donors (Lipinski definition) is 0. The number of hydrogen-bond acceptors (Lipinski definition) is 8. The van der Waals surface area contributed by atoms with Crippen LogP contribution in [0, 0.1) is 13.8 Å². The van der Waals surface area contributed by atoms with Crippen LogP contribution in [-0.4, -0.2) is 36.0 Å². The molecular weight excluding hydrogens is 681 g/mol. The summed E-state index contributed by atoms with van der Waals surface area (Å²) in [7, 11) is 4.41. The number of anilines is 1. The number of thioether (sulfide) groups is 1. The summed E-state index contributed by atoms with van der Waals surface area (Å²) in [5.41, 5.74) is 3.44. The number of rotatable bonds is 7. The SMILES string of the molecule is COc1cc(/C=C2\SC(=S)N(c3ccc(C)c(C)c3)C2=O)ccc1Oc1nc2c(c(=O)n(C)c(=O)n2C)n1Cc1ccc(Cl)cc1Cl. The van der Waals surface area contributed by atoms with E-state index in [1.54, 1.807) is 47.0 Å². The van der Waals surface area contributed by atoms with E-state index in [4.69, 9.17) is 44.9 Å². The largest absolute Gasteiger partial charge is 0.493 e. The van der Waals surface area contributed by atoms with Gasteiger partial charge >= 0.3 is 11.7 Å². The molecule has 0 aliphatic carbocycles. The van der Waals surface area contributed by atoms with Crippen LogP contribution in [-0.2, 0) is 25.4 Å². The average Bonchev–Trinajstić information content (AvgIpc) is 3.53. The van der Waals surface area contributed by atoms with Gasteiger partial charge < -0.3 is 9.47 Å². The Bertz CT molecular complexity index is 2290. The molecule has 47 heavy (non-hydrogen) atoms. The van der Waals surface area contributed by atoms with Gasteiger partial charge in [-0.25, -0.2) is 4.79 Å². The van der Waals surface area contributed by atoms with Crippen LogP contribution in [0.2, 0.25) is 10.0 Å². The molecule has 1 aliphatic heterocycles. The van der Waals surface area contributed by atoms with Crippen LogP contribution in [0.25, 0.3) is 17.2 Å². The Morgan fingerprint density at radius 3 is 2.40 bits per heavy atom. The average molecular weight is 709 g/mol. The van der Waals surface area contributed by atoms with E-state index in [9.17, 15) is 14.4 Å². The molecule has 1 aliphatic rings. The zero-order valence-electron chi connectivity index (χ0n) is 25.8. The highest BCUT2D eigenvalue weighted by molar-refractivity contribution is 8.27. The van der Waals surface area contributed by atoms with Gasteiger partial charge in [-0.1, -0.05) is 65.4 Å². The number of thiocarbonyl (C=S) groups is 1. The third-order valence-corrected chi connectivity index (χ3v) is 9.77. The van der Waals surface area contributed by atoms with Crippen LogP contribution < -0.4 is 25.6 Å². The van der Waals surface area contributed by atoms with Crippen molar-refractivity contribution in [2.75, 3.05) is 12.0 Å². The van der Waals surface area contributed by atoms with Crippen molar-refractivity contribution in [1.29, 1.82) is 0 Å². The summed E-state index contributed by atoms with van der Waals surface area (Å²) in [5, 5.41) is 0.845. The molecule has 3 aromatic carbocycles. The number of nitrogens with zero attached hydrogens (tertiary/aromatic N) is 5. The van der Waals surface area contributed by atoms with E-state index in [-0.39, 0.29) is 35.4 Å². The topological polar surface area (TPSA) is 101 Å². The van der Waals surface area contributed by atoms with Crippen molar-refractivity contribution in [2.45, 2.75) is 20.4 Å². The zero-order chi connectivity index (χ0) is 33.7. The van der Waals surface area contributed by atoms with Gasteiger partial charge in [-0.3, -0.25) is 28.2 Å². The monoisotopic (exact) mass is 707 g/mol. The van der Waals surface area contributed by atoms with Crippen LogP contribution in [0.4, 0.5) is 5.69 Å². The third kappa shape index (κ3) is 5.98. The zero-order valence-corrected chi connectivity index (χ0v) is 29.0. The molecule has 14 heteroatoms. The van der Waals surface area contributed by atoms with Gasteiger partial charge in [-0.15, -0.1) is 0 Å². The number of imidazole rings is 1. The second-order valence-electron chi connectivity index (χ2n) is 10.9. The number of fused-ring (bicyclic) bond motifs is 1. The van der Waals surface area contributed by atoms with Crippen molar-refractivity contribution in [3.63, 3.8) is 0 Å². The first kappa shape index (κ1) is 32.6. The highest BCUT2D eigenvalue weighted by Crippen LogP contribution is 2.39. The van der Waals surface area contributed by atoms with Crippen molar-refractivity contribution in [3.8, 4) is 17.5 Å². The molecule has 0 N–H and O–H groups in total. The van der Waals surface area contributed by atoms with Gasteiger partial charge in [-0.05, 0) is 78.6 Å². The summed E-state index contributed by atoms with van der Waals surface area (Å²) in [5.74, 6) is 0.408. The third-order valence-electron chi connectivity index (χ3n) is 7.89. The smallest absolute Gasteiger partial charge is 0.332 e. The molecule has 0 bridgehead atoms. The van der Waals surface area contributed by atoms with E-state index in [1.807, 2.05) is 32.0 Å². The van der Waals surface area contributed by atoms with Crippen LogP contribution in [0.3, 0.4) is 0 Å². The number of aromatic nitrogens is 4. The summed E-state index contributed by atoms with van der Waals surface area (Å²) >= 11 is 19.4. The normalized spacial score (nSPS) is 14.1. The van der Waals surface area contributed by atoms with Crippen molar-refractivity contribution in [2.24, 2.45) is 14.1 Å². The van der Waals surface area contributed by atoms with Gasteiger partial charge in [0.05, 0.1) is 24.2 Å². The number of carbonyl (C=O) groups excluding carboxylic acids is 1. The Labute approximate surface area is 288 Å². The Morgan fingerprint density at radius 1 is 0.936 bits per heavy atom. The van der Waals surface area contributed by atoms with Gasteiger partial charge in [0, 0.05) is 24.1 Å². The number of benzene rings is 3. The van der Waals surface area contributed by atoms with Crippen LogP contribution in [0.5, 0.6) is 17.5 Å². The van der Waals surface area contributed by atoms with Crippen LogP contribution >= 0.6 is 47.2 Å². The fraction of sp³-hybridized carbons (Fsp3) is 0.182. The number of amides is 1. The molecule has 10 nitrogen and oxygen atoms in total. The first-order valence-electron chi connectivity index (χ1n) is 14.2. The minimum atomic E-state index is -0.545. The lowest BCUT2D eigenvalue weighted by Gasteiger charge is -2.16. The molecule has 240 valence electrons. The molecule has 0 radical (unpaired) electrons. The molecule has 6 rings (SSSR count). The second kappa shape index (κ2) is 12.7. The Kier molecular flexibility index (Phi) is 8.79. The first-order chi connectivity index (χ1) is 22.4. The molecule has 3 heterocycles. The number of halogens is 2. The fourth-order valence-electron chi connectivity index (χ4n) is 5.13. The Morgan fingerprint density at radius 2 is 1.70 bits per heavy atom. The maximum atomic E-state index is 13.4. The van der Waals surface area contributed by atoms with Crippen LogP contribution in [0.15, 0.2) is 69.1 Å². The highest BCUT2D eigenvalue weighted by atomic mass is 35.5. The highest BCUT2D eigenvalue weighted by Gasteiger charge is 2.33. The second-order valence-corrected chi connectivity index (χ2v) is 13.4. The van der Waals surface area contributed by atoms with Gasteiger partial charge in [-0.2, -0.15) is 4.98 Å². The van der Waals surface area contributed by atoms with E-state index in [2.05, 4.69) is 4.98 Å². The summed E-state index contributed by atoms with van der Waals surface area (Å²) in [4.78, 5) is 46.0. The maximum Gasteiger partial charge on any atom is 0.332 e. The number of carbonyl (C=O) groups is 1. The van der Waals surface area contributed by atoms with Gasteiger partial charge in [0.1, 0.15) is 0 Å². The van der Waals surface area contributed by atoms with Gasteiger partial charge in [0.2, 0.25) is 0 Å². The summed E-state index contributed by atoms with van der Waals surface area (Å²) in [6.45, 7) is 4.10. The van der Waals surface area contributed by atoms with E-state index in [1.165, 1.54) is 42.4 Å². The van der Waals surface area contributed by atoms with Crippen LogP contribution in [0.1, 0.15) is 22.3 Å². The lowest BCUT2D eigenvalue weighted by Crippen LogP contribution is -2.37. The minimum Gasteiger partial charge on any atom is -0.493 e. The molecule has 0 unspecified atom stereocenters. The van der Waals surface area contributed by atoms with Crippen molar-refractivity contribution < 1.29 is 14.3 Å². The van der Waals surface area contributed by atoms with E-state index in [0.29, 0.717) is 36.1 Å². The molecule has 0 saturated carbocycles. The fourth-order valence-corrected chi connectivity index (χ4v) is 6.90. The molecule has 2 aromatic heterocycles. The molecule has 1 amide bonds. The molecule has 1 fully saturated rings. The van der Waals surface area contributed by atoms with E-state index < -0.39 is 11.2 Å².